The van der Waals surface area contributed by atoms with E-state index in [1.165, 1.54) is 12.8 Å². The van der Waals surface area contributed by atoms with Gasteiger partial charge in [-0.2, -0.15) is 0 Å². The summed E-state index contributed by atoms with van der Waals surface area (Å²) in [5.74, 6) is 1.81. The Hall–Kier alpha value is -1.31. The van der Waals surface area contributed by atoms with Gasteiger partial charge in [0.2, 0.25) is 0 Å². The van der Waals surface area contributed by atoms with Crippen molar-refractivity contribution < 1.29 is 0 Å². The zero-order valence-electron chi connectivity index (χ0n) is 11.0. The van der Waals surface area contributed by atoms with Gasteiger partial charge in [0.15, 0.2) is 0 Å². The molecule has 0 aliphatic carbocycles. The van der Waals surface area contributed by atoms with Crippen molar-refractivity contribution in [3.8, 4) is 0 Å². The molecule has 0 N–H and O–H groups in total. The van der Waals surface area contributed by atoms with Crippen LogP contribution in [0.15, 0.2) is 25.0 Å². The van der Waals surface area contributed by atoms with Gasteiger partial charge in [-0.05, 0) is 18.9 Å². The molecule has 1 heterocycles. The van der Waals surface area contributed by atoms with E-state index in [0.717, 1.165) is 11.7 Å². The van der Waals surface area contributed by atoms with Crippen LogP contribution in [-0.2, 0) is 0 Å². The molecule has 0 amide bonds. The van der Waals surface area contributed by atoms with Crippen molar-refractivity contribution in [2.75, 3.05) is 0 Å². The average molecular weight is 220 g/mol. The zero-order valence-corrected chi connectivity index (χ0v) is 11.0. The summed E-state index contributed by atoms with van der Waals surface area (Å²) in [6.45, 7) is 12.3. The Balaban J connectivity index is 0.000000325. The summed E-state index contributed by atoms with van der Waals surface area (Å²) in [7, 11) is 0. The van der Waals surface area contributed by atoms with Crippen molar-refractivity contribution in [2.45, 2.75) is 40.5 Å². The Morgan fingerprint density at radius 3 is 2.56 bits per heavy atom. The van der Waals surface area contributed by atoms with Gasteiger partial charge in [-0.3, -0.25) is 0 Å². The molecule has 0 aromatic carbocycles. The molecule has 1 aromatic rings. The van der Waals surface area contributed by atoms with E-state index in [0.29, 0.717) is 0 Å². The fraction of sp³-hybridized carbons (Fsp3) is 0.500. The van der Waals surface area contributed by atoms with Crippen molar-refractivity contribution >= 4 is 12.3 Å². The van der Waals surface area contributed by atoms with Gasteiger partial charge in [-0.15, -0.1) is 0 Å². The van der Waals surface area contributed by atoms with Gasteiger partial charge in [-0.1, -0.05) is 46.3 Å². The normalized spacial score (nSPS) is 10.3. The van der Waals surface area contributed by atoms with Crippen LogP contribution in [0.1, 0.15) is 46.4 Å². The summed E-state index contributed by atoms with van der Waals surface area (Å²) in [6.07, 6.45) is 11.9. The standard InChI is InChI=1S/C8H10N2.C6H14/c1-3-5-8-9-6-7-10(8)4-2;1-4-5-6(2)3/h3-7H,2H2,1H3;6H,4-5H2,1-3H3/b5-3-;. The van der Waals surface area contributed by atoms with Gasteiger partial charge in [-0.25, -0.2) is 4.98 Å². The maximum atomic E-state index is 4.08. The predicted octanol–water partition coefficient (Wildman–Crippen LogP) is 4.46. The Kier molecular flexibility index (Phi) is 8.22. The van der Waals surface area contributed by atoms with Gasteiger partial charge < -0.3 is 4.57 Å². The highest BCUT2D eigenvalue weighted by atomic mass is 15.0. The van der Waals surface area contributed by atoms with Crippen LogP contribution in [0.2, 0.25) is 0 Å². The molecule has 0 saturated carbocycles. The molecule has 0 atom stereocenters. The molecular formula is C14H24N2. The number of aromatic nitrogens is 2. The Labute approximate surface area is 99.7 Å². The van der Waals surface area contributed by atoms with Gasteiger partial charge in [0.1, 0.15) is 5.82 Å². The Morgan fingerprint density at radius 2 is 2.19 bits per heavy atom. The SMILES string of the molecule is C=Cn1ccnc1/C=C\C.CCCC(C)C. The smallest absolute Gasteiger partial charge is 0.136 e. The van der Waals surface area contributed by atoms with Crippen LogP contribution in [0.3, 0.4) is 0 Å². The van der Waals surface area contributed by atoms with Crippen molar-refractivity contribution in [1.29, 1.82) is 0 Å². The van der Waals surface area contributed by atoms with Crippen LogP contribution >= 0.6 is 0 Å². The monoisotopic (exact) mass is 220 g/mol. The average Bonchev–Trinajstić information content (AvgIpc) is 2.66. The van der Waals surface area contributed by atoms with E-state index in [-0.39, 0.29) is 0 Å². The van der Waals surface area contributed by atoms with Gasteiger partial charge >= 0.3 is 0 Å². The molecule has 0 saturated heterocycles. The van der Waals surface area contributed by atoms with Crippen molar-refractivity contribution in [1.82, 2.24) is 9.55 Å². The number of hydrogen-bond acceptors (Lipinski definition) is 1. The molecule has 2 nitrogen and oxygen atoms in total. The first-order chi connectivity index (χ1) is 7.65. The quantitative estimate of drug-likeness (QED) is 0.732. The maximum absolute atomic E-state index is 4.08. The molecule has 1 aromatic heterocycles. The minimum atomic E-state index is 0.898. The van der Waals surface area contributed by atoms with Crippen LogP contribution in [-0.4, -0.2) is 9.55 Å². The third-order valence-corrected chi connectivity index (χ3v) is 2.08. The van der Waals surface area contributed by atoms with Gasteiger partial charge in [0.05, 0.1) is 0 Å². The van der Waals surface area contributed by atoms with Crippen molar-refractivity contribution in [3.05, 3.63) is 30.9 Å². The van der Waals surface area contributed by atoms with Gasteiger partial charge in [0.25, 0.3) is 0 Å². The highest BCUT2D eigenvalue weighted by Gasteiger charge is 1.90. The first kappa shape index (κ1) is 14.7. The maximum Gasteiger partial charge on any atom is 0.136 e. The second-order valence-corrected chi connectivity index (χ2v) is 4.06. The van der Waals surface area contributed by atoms with E-state index in [4.69, 9.17) is 0 Å². The third-order valence-electron chi connectivity index (χ3n) is 2.08. The summed E-state index contributed by atoms with van der Waals surface area (Å²) in [5.41, 5.74) is 0. The molecule has 0 radical (unpaired) electrons. The summed E-state index contributed by atoms with van der Waals surface area (Å²) in [6, 6.07) is 0. The highest BCUT2D eigenvalue weighted by molar-refractivity contribution is 5.43. The lowest BCUT2D eigenvalue weighted by atomic mass is 10.1. The first-order valence-electron chi connectivity index (χ1n) is 5.93. The summed E-state index contributed by atoms with van der Waals surface area (Å²) in [5, 5.41) is 0. The molecule has 1 rings (SSSR count). The number of rotatable bonds is 4. The lowest BCUT2D eigenvalue weighted by Crippen LogP contribution is -1.86. The molecule has 16 heavy (non-hydrogen) atoms. The van der Waals surface area contributed by atoms with Crippen molar-refractivity contribution in [3.63, 3.8) is 0 Å². The second kappa shape index (κ2) is 8.96. The zero-order chi connectivity index (χ0) is 12.4. The highest BCUT2D eigenvalue weighted by Crippen LogP contribution is 2.00. The van der Waals surface area contributed by atoms with Crippen LogP contribution in [0, 0.1) is 5.92 Å². The number of allylic oxidation sites excluding steroid dienone is 1. The first-order valence-corrected chi connectivity index (χ1v) is 5.93. The Bertz CT molecular complexity index is 308. The van der Waals surface area contributed by atoms with Crippen LogP contribution in [0.4, 0.5) is 0 Å². The molecule has 0 aliphatic rings. The fourth-order valence-corrected chi connectivity index (χ4v) is 1.33. The molecule has 0 unspecified atom stereocenters. The number of nitrogens with zero attached hydrogens (tertiary/aromatic N) is 2. The van der Waals surface area contributed by atoms with E-state index in [9.17, 15) is 0 Å². The molecular weight excluding hydrogens is 196 g/mol. The molecule has 2 heteroatoms. The lowest BCUT2D eigenvalue weighted by molar-refractivity contribution is 0.576. The predicted molar refractivity (Wildman–Crippen MR) is 73.1 cm³/mol. The number of hydrogen-bond donors (Lipinski definition) is 0. The number of imidazole rings is 1. The molecule has 90 valence electrons. The van der Waals surface area contributed by atoms with Crippen LogP contribution in [0.25, 0.3) is 12.3 Å². The lowest BCUT2D eigenvalue weighted by Gasteiger charge is -1.95. The summed E-state index contributed by atoms with van der Waals surface area (Å²) < 4.78 is 1.86. The van der Waals surface area contributed by atoms with Gasteiger partial charge in [0, 0.05) is 18.6 Å². The minimum Gasteiger partial charge on any atom is -0.308 e. The largest absolute Gasteiger partial charge is 0.308 e. The summed E-state index contributed by atoms with van der Waals surface area (Å²) >= 11 is 0. The van der Waals surface area contributed by atoms with E-state index < -0.39 is 0 Å². The Morgan fingerprint density at radius 1 is 1.50 bits per heavy atom. The molecule has 0 fully saturated rings. The van der Waals surface area contributed by atoms with E-state index in [1.54, 1.807) is 12.4 Å². The topological polar surface area (TPSA) is 17.8 Å². The van der Waals surface area contributed by atoms with Crippen molar-refractivity contribution in [2.24, 2.45) is 5.92 Å². The van der Waals surface area contributed by atoms with Crippen LogP contribution < -0.4 is 0 Å². The van der Waals surface area contributed by atoms with Crippen LogP contribution in [0.5, 0.6) is 0 Å². The fourth-order valence-electron chi connectivity index (χ4n) is 1.33. The molecule has 0 bridgehead atoms. The summed E-state index contributed by atoms with van der Waals surface area (Å²) in [4.78, 5) is 4.08. The van der Waals surface area contributed by atoms with E-state index in [2.05, 4.69) is 32.3 Å². The molecule has 0 aliphatic heterocycles. The third kappa shape index (κ3) is 6.23. The van der Waals surface area contributed by atoms with E-state index >= 15 is 0 Å². The molecule has 0 spiro atoms. The minimum absolute atomic E-state index is 0.898. The second-order valence-electron chi connectivity index (χ2n) is 4.06. The van der Waals surface area contributed by atoms with E-state index in [1.807, 2.05) is 29.8 Å².